The first-order valence-corrected chi connectivity index (χ1v) is 6.15. The first kappa shape index (κ1) is 14.2. The van der Waals surface area contributed by atoms with Crippen LogP contribution in [0.15, 0.2) is 12.1 Å². The molecule has 0 aliphatic carbocycles. The molecular weight excluding hydrogens is 266 g/mol. The number of aromatic carboxylic acids is 1. The van der Waals surface area contributed by atoms with E-state index in [1.165, 1.54) is 6.07 Å². The van der Waals surface area contributed by atoms with Crippen LogP contribution < -0.4 is 4.90 Å². The Morgan fingerprint density at radius 3 is 3.00 bits per heavy atom. The average Bonchev–Trinajstić information content (AvgIpc) is 2.86. The Kier molecular flexibility index (Phi) is 4.14. The van der Waals surface area contributed by atoms with Crippen molar-refractivity contribution in [1.29, 1.82) is 0 Å². The number of nitrogens with zero attached hydrogens (tertiary/aromatic N) is 3. The second kappa shape index (κ2) is 5.83. The predicted molar refractivity (Wildman–Crippen MR) is 70.0 cm³/mol. The summed E-state index contributed by atoms with van der Waals surface area (Å²) in [5.74, 6) is -0.808. The fraction of sp³-hybridized carbons (Fsp3) is 0.500. The molecule has 1 atom stereocenters. The fourth-order valence-electron chi connectivity index (χ4n) is 2.33. The quantitative estimate of drug-likeness (QED) is 0.637. The molecule has 8 nitrogen and oxygen atoms in total. The number of carboxylic acids is 1. The largest absolute Gasteiger partial charge is 0.477 e. The molecule has 2 rings (SSSR count). The van der Waals surface area contributed by atoms with Gasteiger partial charge in [0.1, 0.15) is 0 Å². The average molecular weight is 281 g/mol. The molecule has 1 saturated heterocycles. The van der Waals surface area contributed by atoms with Crippen LogP contribution in [-0.4, -0.2) is 47.8 Å². The molecule has 0 saturated carbocycles. The van der Waals surface area contributed by atoms with Crippen LogP contribution >= 0.6 is 0 Å². The highest BCUT2D eigenvalue weighted by atomic mass is 16.6. The van der Waals surface area contributed by atoms with Crippen molar-refractivity contribution in [3.05, 3.63) is 27.9 Å². The zero-order valence-electron chi connectivity index (χ0n) is 11.0. The van der Waals surface area contributed by atoms with Gasteiger partial charge in [-0.25, -0.2) is 9.78 Å². The molecule has 0 radical (unpaired) electrons. The van der Waals surface area contributed by atoms with Gasteiger partial charge in [-0.15, -0.1) is 0 Å². The van der Waals surface area contributed by atoms with E-state index >= 15 is 0 Å². The second-order valence-electron chi connectivity index (χ2n) is 4.66. The second-order valence-corrected chi connectivity index (χ2v) is 4.66. The Hall–Kier alpha value is -2.22. The molecule has 0 aromatic carbocycles. The number of ether oxygens (including phenoxy) is 1. The summed E-state index contributed by atoms with van der Waals surface area (Å²) in [5, 5.41) is 20.0. The molecule has 1 aliphatic rings. The minimum atomic E-state index is -1.20. The van der Waals surface area contributed by atoms with Crippen LogP contribution in [0.2, 0.25) is 0 Å². The van der Waals surface area contributed by atoms with Crippen LogP contribution in [0.25, 0.3) is 0 Å². The number of hydrogen-bond acceptors (Lipinski definition) is 6. The molecule has 108 valence electrons. The third kappa shape index (κ3) is 2.85. The van der Waals surface area contributed by atoms with E-state index in [1.807, 2.05) is 0 Å². The summed E-state index contributed by atoms with van der Waals surface area (Å²) in [7, 11) is 1.61. The van der Waals surface area contributed by atoms with Crippen molar-refractivity contribution < 1.29 is 19.6 Å². The first-order valence-electron chi connectivity index (χ1n) is 6.15. The molecule has 0 bridgehead atoms. The SMILES string of the molecule is COCC1CCN(c2nc(C(=O)O)ccc2[N+](=O)[O-])C1. The topological polar surface area (TPSA) is 106 Å². The lowest BCUT2D eigenvalue weighted by Crippen LogP contribution is -2.23. The maximum Gasteiger partial charge on any atom is 0.354 e. The Morgan fingerprint density at radius 2 is 2.40 bits per heavy atom. The van der Waals surface area contributed by atoms with E-state index in [2.05, 4.69) is 4.98 Å². The lowest BCUT2D eigenvalue weighted by molar-refractivity contribution is -0.384. The summed E-state index contributed by atoms with van der Waals surface area (Å²) in [6, 6.07) is 2.34. The van der Waals surface area contributed by atoms with Gasteiger partial charge in [0.15, 0.2) is 5.69 Å². The van der Waals surface area contributed by atoms with Gasteiger partial charge in [0.25, 0.3) is 0 Å². The van der Waals surface area contributed by atoms with Gasteiger partial charge in [0, 0.05) is 32.2 Å². The maximum atomic E-state index is 11.0. The molecule has 1 aliphatic heterocycles. The van der Waals surface area contributed by atoms with E-state index < -0.39 is 10.9 Å². The van der Waals surface area contributed by atoms with Crippen molar-refractivity contribution in [2.45, 2.75) is 6.42 Å². The lowest BCUT2D eigenvalue weighted by Gasteiger charge is -2.17. The number of pyridine rings is 1. The van der Waals surface area contributed by atoms with E-state index in [9.17, 15) is 14.9 Å². The van der Waals surface area contributed by atoms with Crippen LogP contribution in [0.5, 0.6) is 0 Å². The van der Waals surface area contributed by atoms with Crippen LogP contribution in [0, 0.1) is 16.0 Å². The minimum Gasteiger partial charge on any atom is -0.477 e. The summed E-state index contributed by atoms with van der Waals surface area (Å²) in [5.41, 5.74) is -0.367. The number of methoxy groups -OCH3 is 1. The summed E-state index contributed by atoms with van der Waals surface area (Å²) < 4.78 is 5.07. The third-order valence-corrected chi connectivity index (χ3v) is 3.26. The Balaban J connectivity index is 2.31. The Morgan fingerprint density at radius 1 is 1.65 bits per heavy atom. The smallest absolute Gasteiger partial charge is 0.354 e. The van der Waals surface area contributed by atoms with Gasteiger partial charge in [-0.1, -0.05) is 0 Å². The van der Waals surface area contributed by atoms with E-state index in [0.717, 1.165) is 12.5 Å². The van der Waals surface area contributed by atoms with Crippen molar-refractivity contribution in [2.75, 3.05) is 31.7 Å². The van der Waals surface area contributed by atoms with Gasteiger partial charge in [0.2, 0.25) is 5.82 Å². The minimum absolute atomic E-state index is 0.119. The molecule has 0 spiro atoms. The van der Waals surface area contributed by atoms with Gasteiger partial charge in [0.05, 0.1) is 11.5 Å². The number of aromatic nitrogens is 1. The van der Waals surface area contributed by atoms with Gasteiger partial charge in [-0.2, -0.15) is 0 Å². The molecule has 1 fully saturated rings. The van der Waals surface area contributed by atoms with E-state index in [4.69, 9.17) is 9.84 Å². The summed E-state index contributed by atoms with van der Waals surface area (Å²) in [6.45, 7) is 1.75. The Bertz CT molecular complexity index is 534. The van der Waals surface area contributed by atoms with Gasteiger partial charge in [-0.3, -0.25) is 10.1 Å². The van der Waals surface area contributed by atoms with E-state index in [-0.39, 0.29) is 23.1 Å². The molecule has 1 unspecified atom stereocenters. The summed E-state index contributed by atoms with van der Waals surface area (Å²) in [6.07, 6.45) is 0.837. The highest BCUT2D eigenvalue weighted by molar-refractivity contribution is 5.86. The molecule has 8 heteroatoms. The highest BCUT2D eigenvalue weighted by Gasteiger charge is 2.29. The lowest BCUT2D eigenvalue weighted by atomic mass is 10.1. The maximum absolute atomic E-state index is 11.0. The molecule has 0 amide bonds. The number of hydrogen-bond donors (Lipinski definition) is 1. The van der Waals surface area contributed by atoms with Gasteiger partial charge < -0.3 is 14.7 Å². The summed E-state index contributed by atoms with van der Waals surface area (Å²) in [4.78, 5) is 27.1. The number of rotatable bonds is 5. The molecule has 1 aromatic rings. The number of carbonyl (C=O) groups is 1. The van der Waals surface area contributed by atoms with Crippen molar-refractivity contribution in [3.63, 3.8) is 0 Å². The number of anilines is 1. The fourth-order valence-corrected chi connectivity index (χ4v) is 2.33. The van der Waals surface area contributed by atoms with E-state index in [1.54, 1.807) is 12.0 Å². The zero-order chi connectivity index (χ0) is 14.7. The molecule has 1 aromatic heterocycles. The highest BCUT2D eigenvalue weighted by Crippen LogP contribution is 2.30. The van der Waals surface area contributed by atoms with E-state index in [0.29, 0.717) is 19.7 Å². The predicted octanol–water partition coefficient (Wildman–Crippen LogP) is 1.16. The van der Waals surface area contributed by atoms with Crippen molar-refractivity contribution in [1.82, 2.24) is 4.98 Å². The van der Waals surface area contributed by atoms with Crippen molar-refractivity contribution >= 4 is 17.5 Å². The molecule has 20 heavy (non-hydrogen) atoms. The monoisotopic (exact) mass is 281 g/mol. The number of carboxylic acid groups (broad SMARTS) is 1. The van der Waals surface area contributed by atoms with Crippen molar-refractivity contribution in [2.24, 2.45) is 5.92 Å². The van der Waals surface area contributed by atoms with Gasteiger partial charge >= 0.3 is 11.7 Å². The Labute approximate surface area is 115 Å². The van der Waals surface area contributed by atoms with Crippen LogP contribution in [-0.2, 0) is 4.74 Å². The normalized spacial score (nSPS) is 18.2. The zero-order valence-corrected chi connectivity index (χ0v) is 11.0. The third-order valence-electron chi connectivity index (χ3n) is 3.26. The van der Waals surface area contributed by atoms with Crippen LogP contribution in [0.1, 0.15) is 16.9 Å². The summed E-state index contributed by atoms with van der Waals surface area (Å²) >= 11 is 0. The van der Waals surface area contributed by atoms with Crippen molar-refractivity contribution in [3.8, 4) is 0 Å². The van der Waals surface area contributed by atoms with Gasteiger partial charge in [-0.05, 0) is 12.5 Å². The molecule has 2 heterocycles. The van der Waals surface area contributed by atoms with Crippen LogP contribution in [0.4, 0.5) is 11.5 Å². The molecular formula is C12H15N3O5. The first-order chi connectivity index (χ1) is 9.52. The van der Waals surface area contributed by atoms with Crippen LogP contribution in [0.3, 0.4) is 0 Å². The molecule has 1 N–H and O–H groups in total. The standard InChI is InChI=1S/C12H15N3O5/c1-20-7-8-4-5-14(6-8)11-10(15(18)19)3-2-9(13-11)12(16)17/h2-3,8H,4-7H2,1H3,(H,16,17). The number of nitro groups is 1.